The summed E-state index contributed by atoms with van der Waals surface area (Å²) in [6.45, 7) is 8.12. The SMILES string of the molecule is CCCn1cncc1CN(CC1CCNCC1)C1CC1. The van der Waals surface area contributed by atoms with E-state index in [0.29, 0.717) is 0 Å². The third-order valence-corrected chi connectivity index (χ3v) is 4.64. The molecule has 2 heterocycles. The molecule has 1 aliphatic heterocycles. The second kappa shape index (κ2) is 6.72. The Balaban J connectivity index is 1.60. The smallest absolute Gasteiger partial charge is 0.0948 e. The minimum Gasteiger partial charge on any atom is -0.333 e. The number of hydrogen-bond donors (Lipinski definition) is 1. The molecule has 1 saturated heterocycles. The van der Waals surface area contributed by atoms with Crippen LogP contribution in [0.15, 0.2) is 12.5 Å². The number of nitrogens with zero attached hydrogens (tertiary/aromatic N) is 3. The van der Waals surface area contributed by atoms with E-state index < -0.39 is 0 Å². The zero-order chi connectivity index (χ0) is 13.8. The Kier molecular flexibility index (Phi) is 4.73. The van der Waals surface area contributed by atoms with E-state index in [1.807, 2.05) is 6.33 Å². The zero-order valence-electron chi connectivity index (χ0n) is 12.7. The van der Waals surface area contributed by atoms with Gasteiger partial charge in [-0.2, -0.15) is 0 Å². The lowest BCUT2D eigenvalue weighted by molar-refractivity contribution is 0.186. The number of aromatic nitrogens is 2. The Bertz CT molecular complexity index is 404. The molecule has 0 amide bonds. The molecular formula is C16H28N4. The molecule has 1 aliphatic carbocycles. The lowest BCUT2D eigenvalue weighted by Gasteiger charge is -2.30. The Labute approximate surface area is 122 Å². The van der Waals surface area contributed by atoms with Crippen molar-refractivity contribution in [2.45, 2.75) is 58.2 Å². The van der Waals surface area contributed by atoms with Crippen molar-refractivity contribution in [1.82, 2.24) is 19.8 Å². The highest BCUT2D eigenvalue weighted by atomic mass is 15.2. The summed E-state index contributed by atoms with van der Waals surface area (Å²) in [6, 6.07) is 0.842. The number of rotatable bonds is 7. The molecule has 4 heteroatoms. The Morgan fingerprint density at radius 1 is 1.30 bits per heavy atom. The van der Waals surface area contributed by atoms with Crippen LogP contribution in [0.4, 0.5) is 0 Å². The molecule has 0 radical (unpaired) electrons. The molecule has 112 valence electrons. The van der Waals surface area contributed by atoms with Crippen molar-refractivity contribution < 1.29 is 0 Å². The van der Waals surface area contributed by atoms with Crippen LogP contribution in [0.5, 0.6) is 0 Å². The molecule has 0 unspecified atom stereocenters. The molecule has 1 aromatic heterocycles. The van der Waals surface area contributed by atoms with E-state index in [4.69, 9.17) is 0 Å². The molecule has 20 heavy (non-hydrogen) atoms. The summed E-state index contributed by atoms with van der Waals surface area (Å²) in [5.74, 6) is 0.888. The summed E-state index contributed by atoms with van der Waals surface area (Å²) in [5, 5.41) is 3.47. The normalized spacial score (nSPS) is 20.7. The van der Waals surface area contributed by atoms with Gasteiger partial charge in [-0.25, -0.2) is 4.98 Å². The zero-order valence-corrected chi connectivity index (χ0v) is 12.7. The van der Waals surface area contributed by atoms with Crippen LogP contribution in [-0.4, -0.2) is 40.1 Å². The highest BCUT2D eigenvalue weighted by molar-refractivity contribution is 5.00. The van der Waals surface area contributed by atoms with Gasteiger partial charge >= 0.3 is 0 Å². The quantitative estimate of drug-likeness (QED) is 0.829. The van der Waals surface area contributed by atoms with Gasteiger partial charge in [-0.1, -0.05) is 6.92 Å². The summed E-state index contributed by atoms with van der Waals surface area (Å²) < 4.78 is 2.33. The number of nitrogens with one attached hydrogen (secondary N) is 1. The Morgan fingerprint density at radius 3 is 2.80 bits per heavy atom. The van der Waals surface area contributed by atoms with E-state index in [2.05, 4.69) is 32.9 Å². The molecule has 0 bridgehead atoms. The maximum atomic E-state index is 4.35. The average Bonchev–Trinajstić information content (AvgIpc) is 3.23. The predicted molar refractivity (Wildman–Crippen MR) is 81.5 cm³/mol. The van der Waals surface area contributed by atoms with E-state index in [1.54, 1.807) is 0 Å². The third-order valence-electron chi connectivity index (χ3n) is 4.64. The van der Waals surface area contributed by atoms with Gasteiger partial charge in [-0.05, 0) is 51.1 Å². The van der Waals surface area contributed by atoms with Gasteiger partial charge in [-0.3, -0.25) is 4.90 Å². The van der Waals surface area contributed by atoms with Crippen LogP contribution in [0.3, 0.4) is 0 Å². The number of hydrogen-bond acceptors (Lipinski definition) is 3. The van der Waals surface area contributed by atoms with Crippen LogP contribution in [0.1, 0.15) is 44.7 Å². The maximum Gasteiger partial charge on any atom is 0.0948 e. The molecule has 1 aromatic rings. The number of piperidine rings is 1. The lowest BCUT2D eigenvalue weighted by Crippen LogP contribution is -2.37. The standard InChI is InChI=1S/C16H28N4/c1-2-9-19-13-18-10-16(19)12-20(15-3-4-15)11-14-5-7-17-8-6-14/h10,13-15,17H,2-9,11-12H2,1H3. The highest BCUT2D eigenvalue weighted by Crippen LogP contribution is 2.30. The molecule has 2 aliphatic rings. The second-order valence-corrected chi connectivity index (χ2v) is 6.43. The van der Waals surface area contributed by atoms with Crippen LogP contribution in [-0.2, 0) is 13.1 Å². The molecular weight excluding hydrogens is 248 g/mol. The lowest BCUT2D eigenvalue weighted by atomic mass is 9.97. The van der Waals surface area contributed by atoms with Crippen molar-refractivity contribution in [1.29, 1.82) is 0 Å². The molecule has 1 N–H and O–H groups in total. The first-order chi connectivity index (χ1) is 9.86. The molecule has 3 rings (SSSR count). The summed E-state index contributed by atoms with van der Waals surface area (Å²) in [6.07, 6.45) is 10.7. The third kappa shape index (κ3) is 3.61. The fourth-order valence-corrected chi connectivity index (χ4v) is 3.31. The van der Waals surface area contributed by atoms with Gasteiger partial charge in [0, 0.05) is 31.9 Å². The minimum absolute atomic E-state index is 0.842. The highest BCUT2D eigenvalue weighted by Gasteiger charge is 2.31. The summed E-state index contributed by atoms with van der Waals surface area (Å²) in [5.41, 5.74) is 1.40. The number of imidazole rings is 1. The molecule has 0 aromatic carbocycles. The van der Waals surface area contributed by atoms with E-state index in [0.717, 1.165) is 25.0 Å². The van der Waals surface area contributed by atoms with Crippen molar-refractivity contribution in [2.75, 3.05) is 19.6 Å². The summed E-state index contributed by atoms with van der Waals surface area (Å²) >= 11 is 0. The van der Waals surface area contributed by atoms with Gasteiger partial charge in [0.15, 0.2) is 0 Å². The first-order valence-electron chi connectivity index (χ1n) is 8.30. The molecule has 2 fully saturated rings. The van der Waals surface area contributed by atoms with Crippen molar-refractivity contribution >= 4 is 0 Å². The van der Waals surface area contributed by atoms with Crippen molar-refractivity contribution in [3.05, 3.63) is 18.2 Å². The van der Waals surface area contributed by atoms with E-state index in [-0.39, 0.29) is 0 Å². The Morgan fingerprint density at radius 2 is 2.10 bits per heavy atom. The van der Waals surface area contributed by atoms with Gasteiger partial charge < -0.3 is 9.88 Å². The maximum absolute atomic E-state index is 4.35. The van der Waals surface area contributed by atoms with Crippen LogP contribution >= 0.6 is 0 Å². The van der Waals surface area contributed by atoms with E-state index >= 15 is 0 Å². The second-order valence-electron chi connectivity index (χ2n) is 6.43. The summed E-state index contributed by atoms with van der Waals surface area (Å²) in [4.78, 5) is 7.07. The number of aryl methyl sites for hydroxylation is 1. The average molecular weight is 276 g/mol. The van der Waals surface area contributed by atoms with Crippen molar-refractivity contribution in [2.24, 2.45) is 5.92 Å². The Hall–Kier alpha value is -0.870. The van der Waals surface area contributed by atoms with Gasteiger partial charge in [0.25, 0.3) is 0 Å². The van der Waals surface area contributed by atoms with E-state index in [9.17, 15) is 0 Å². The van der Waals surface area contributed by atoms with E-state index in [1.165, 1.54) is 57.4 Å². The van der Waals surface area contributed by atoms with Crippen LogP contribution in [0, 0.1) is 5.92 Å². The monoisotopic (exact) mass is 276 g/mol. The van der Waals surface area contributed by atoms with Gasteiger partial charge in [0.05, 0.1) is 12.0 Å². The molecule has 0 spiro atoms. The van der Waals surface area contributed by atoms with Crippen molar-refractivity contribution in [3.8, 4) is 0 Å². The van der Waals surface area contributed by atoms with Gasteiger partial charge in [0.1, 0.15) is 0 Å². The fraction of sp³-hybridized carbons (Fsp3) is 0.812. The van der Waals surface area contributed by atoms with Crippen molar-refractivity contribution in [3.63, 3.8) is 0 Å². The topological polar surface area (TPSA) is 33.1 Å². The first kappa shape index (κ1) is 14.1. The minimum atomic E-state index is 0.842. The molecule has 0 atom stereocenters. The molecule has 1 saturated carbocycles. The first-order valence-corrected chi connectivity index (χ1v) is 8.30. The van der Waals surface area contributed by atoms with Gasteiger partial charge in [0.2, 0.25) is 0 Å². The van der Waals surface area contributed by atoms with Crippen LogP contribution in [0.2, 0.25) is 0 Å². The predicted octanol–water partition coefficient (Wildman–Crippen LogP) is 2.26. The molecule has 4 nitrogen and oxygen atoms in total. The van der Waals surface area contributed by atoms with Crippen LogP contribution in [0.25, 0.3) is 0 Å². The van der Waals surface area contributed by atoms with Gasteiger partial charge in [-0.15, -0.1) is 0 Å². The van der Waals surface area contributed by atoms with Crippen LogP contribution < -0.4 is 5.32 Å². The largest absolute Gasteiger partial charge is 0.333 e. The summed E-state index contributed by atoms with van der Waals surface area (Å²) in [7, 11) is 0. The fourth-order valence-electron chi connectivity index (χ4n) is 3.31.